The maximum atomic E-state index is 12.8. The molecule has 3 unspecified atom stereocenters. The summed E-state index contributed by atoms with van der Waals surface area (Å²) in [5.74, 6) is 0.984. The first-order valence-corrected chi connectivity index (χ1v) is 11.7. The van der Waals surface area contributed by atoms with Crippen molar-refractivity contribution in [2.24, 2.45) is 5.92 Å². The number of hydrogen-bond acceptors (Lipinski definition) is 5. The highest BCUT2D eigenvalue weighted by Crippen LogP contribution is 2.51. The number of rotatable bonds is 5. The maximum absolute atomic E-state index is 12.8. The SMILES string of the molecule is COc1cc(C2Nc3ccc(NC(=O)c4cccc(C)c4)cc3C3C=CCC32)ccc1OC(C)=O. The first-order chi connectivity index (χ1) is 16.9. The summed E-state index contributed by atoms with van der Waals surface area (Å²) in [6.07, 6.45) is 5.42. The number of esters is 1. The molecule has 6 heteroatoms. The Labute approximate surface area is 205 Å². The van der Waals surface area contributed by atoms with Crippen molar-refractivity contribution in [2.45, 2.75) is 32.2 Å². The first-order valence-electron chi connectivity index (χ1n) is 11.7. The molecule has 1 amide bonds. The number of aryl methyl sites for hydroxylation is 1. The lowest BCUT2D eigenvalue weighted by atomic mass is 9.77. The molecule has 0 spiro atoms. The molecule has 2 N–H and O–H groups in total. The van der Waals surface area contributed by atoms with Crippen LogP contribution in [0.4, 0.5) is 11.4 Å². The lowest BCUT2D eigenvalue weighted by Crippen LogP contribution is -2.29. The van der Waals surface area contributed by atoms with Crippen LogP contribution in [0.2, 0.25) is 0 Å². The lowest BCUT2D eigenvalue weighted by molar-refractivity contribution is -0.132. The number of ether oxygens (including phenoxy) is 2. The van der Waals surface area contributed by atoms with Gasteiger partial charge in [-0.2, -0.15) is 0 Å². The largest absolute Gasteiger partial charge is 0.493 e. The molecule has 0 aromatic heterocycles. The molecule has 0 saturated carbocycles. The third-order valence-corrected chi connectivity index (χ3v) is 6.70. The van der Waals surface area contributed by atoms with Gasteiger partial charge in [-0.25, -0.2) is 0 Å². The lowest BCUT2D eigenvalue weighted by Gasteiger charge is -2.38. The molecule has 0 radical (unpaired) electrons. The predicted octanol–water partition coefficient (Wildman–Crippen LogP) is 6.01. The number of carbonyl (C=O) groups excluding carboxylic acids is 2. The fraction of sp³-hybridized carbons (Fsp3) is 0.241. The first kappa shape index (κ1) is 22.7. The van der Waals surface area contributed by atoms with Gasteiger partial charge in [-0.05, 0) is 72.9 Å². The molecule has 1 aliphatic carbocycles. The highest BCUT2D eigenvalue weighted by atomic mass is 16.6. The van der Waals surface area contributed by atoms with Crippen molar-refractivity contribution in [3.05, 3.63) is 95.1 Å². The molecule has 2 aliphatic rings. The molecule has 3 atom stereocenters. The van der Waals surface area contributed by atoms with Crippen molar-refractivity contribution in [1.29, 1.82) is 0 Å². The van der Waals surface area contributed by atoms with Gasteiger partial charge in [0, 0.05) is 29.8 Å². The summed E-state index contributed by atoms with van der Waals surface area (Å²) in [7, 11) is 1.57. The molecule has 1 heterocycles. The van der Waals surface area contributed by atoms with Gasteiger partial charge in [-0.1, -0.05) is 35.9 Å². The van der Waals surface area contributed by atoms with E-state index in [4.69, 9.17) is 9.47 Å². The average Bonchev–Trinajstić information content (AvgIpc) is 3.34. The number of anilines is 2. The van der Waals surface area contributed by atoms with Gasteiger partial charge in [0.1, 0.15) is 0 Å². The van der Waals surface area contributed by atoms with Gasteiger partial charge in [0.2, 0.25) is 0 Å². The van der Waals surface area contributed by atoms with E-state index in [1.807, 2.05) is 55.5 Å². The van der Waals surface area contributed by atoms with Gasteiger partial charge in [-0.15, -0.1) is 0 Å². The minimum absolute atomic E-state index is 0.0653. The summed E-state index contributed by atoms with van der Waals surface area (Å²) in [4.78, 5) is 24.2. The van der Waals surface area contributed by atoms with Gasteiger partial charge < -0.3 is 20.1 Å². The number of carbonyl (C=O) groups is 2. The summed E-state index contributed by atoms with van der Waals surface area (Å²) in [6, 6.07) is 19.4. The molecular weight excluding hydrogens is 440 g/mol. The van der Waals surface area contributed by atoms with Gasteiger partial charge in [0.15, 0.2) is 11.5 Å². The summed E-state index contributed by atoms with van der Waals surface area (Å²) < 4.78 is 10.8. The van der Waals surface area contributed by atoms with E-state index < -0.39 is 0 Å². The Kier molecular flexibility index (Phi) is 6.03. The Morgan fingerprint density at radius 2 is 1.89 bits per heavy atom. The van der Waals surface area contributed by atoms with Crippen LogP contribution in [0, 0.1) is 12.8 Å². The van der Waals surface area contributed by atoms with E-state index in [0.717, 1.165) is 28.9 Å². The Hall–Kier alpha value is -4.06. The van der Waals surface area contributed by atoms with Crippen molar-refractivity contribution in [3.63, 3.8) is 0 Å². The second kappa shape index (κ2) is 9.29. The van der Waals surface area contributed by atoms with Crippen molar-refractivity contribution in [1.82, 2.24) is 0 Å². The molecule has 0 saturated heterocycles. The second-order valence-electron chi connectivity index (χ2n) is 9.11. The molecule has 5 rings (SSSR count). The smallest absolute Gasteiger partial charge is 0.308 e. The van der Waals surface area contributed by atoms with Gasteiger partial charge in [0.25, 0.3) is 5.91 Å². The molecule has 1 aliphatic heterocycles. The summed E-state index contributed by atoms with van der Waals surface area (Å²) in [5, 5.41) is 6.75. The van der Waals surface area contributed by atoms with Crippen LogP contribution >= 0.6 is 0 Å². The molecule has 35 heavy (non-hydrogen) atoms. The number of methoxy groups -OCH3 is 1. The fourth-order valence-electron chi connectivity index (χ4n) is 5.11. The molecule has 0 fully saturated rings. The topological polar surface area (TPSA) is 76.7 Å². The second-order valence-corrected chi connectivity index (χ2v) is 9.11. The molecule has 0 bridgehead atoms. The number of benzene rings is 3. The minimum Gasteiger partial charge on any atom is -0.493 e. The summed E-state index contributed by atoms with van der Waals surface area (Å²) >= 11 is 0. The predicted molar refractivity (Wildman–Crippen MR) is 136 cm³/mol. The van der Waals surface area contributed by atoms with Crippen LogP contribution in [-0.4, -0.2) is 19.0 Å². The number of fused-ring (bicyclic) bond motifs is 3. The van der Waals surface area contributed by atoms with Crippen LogP contribution in [0.5, 0.6) is 11.5 Å². The van der Waals surface area contributed by atoms with Crippen molar-refractivity contribution >= 4 is 23.3 Å². The van der Waals surface area contributed by atoms with Crippen molar-refractivity contribution in [3.8, 4) is 11.5 Å². The van der Waals surface area contributed by atoms with Crippen LogP contribution in [0.15, 0.2) is 72.8 Å². The van der Waals surface area contributed by atoms with Crippen LogP contribution < -0.4 is 20.1 Å². The highest BCUT2D eigenvalue weighted by Gasteiger charge is 2.38. The van der Waals surface area contributed by atoms with E-state index in [1.54, 1.807) is 13.2 Å². The minimum atomic E-state index is -0.383. The van der Waals surface area contributed by atoms with Gasteiger partial charge in [0.05, 0.1) is 13.2 Å². The maximum Gasteiger partial charge on any atom is 0.308 e. The van der Waals surface area contributed by atoms with E-state index in [1.165, 1.54) is 12.5 Å². The molecule has 3 aromatic rings. The van der Waals surface area contributed by atoms with Gasteiger partial charge in [-0.3, -0.25) is 9.59 Å². The molecular formula is C29H28N2O4. The van der Waals surface area contributed by atoms with E-state index in [0.29, 0.717) is 23.0 Å². The third kappa shape index (κ3) is 4.52. The van der Waals surface area contributed by atoms with Crippen LogP contribution in [-0.2, 0) is 4.79 Å². The van der Waals surface area contributed by atoms with E-state index in [2.05, 4.69) is 28.9 Å². The van der Waals surface area contributed by atoms with Crippen LogP contribution in [0.3, 0.4) is 0 Å². The van der Waals surface area contributed by atoms with E-state index in [-0.39, 0.29) is 23.8 Å². The van der Waals surface area contributed by atoms with Crippen molar-refractivity contribution in [2.75, 3.05) is 17.7 Å². The number of hydrogen-bond donors (Lipinski definition) is 2. The normalized spacial score (nSPS) is 19.8. The summed E-state index contributed by atoms with van der Waals surface area (Å²) in [5.41, 5.74) is 5.76. The standard InChI is InChI=1S/C29H28N2O4/c1-17-6-4-7-20(14-17)29(33)30-21-11-12-25-24(16-21)22-8-5-9-23(22)28(31-25)19-10-13-26(35-18(2)32)27(15-19)34-3/h4-8,10-16,22-23,28,31H,9H2,1-3H3,(H,30,33). The Morgan fingerprint density at radius 1 is 1.03 bits per heavy atom. The number of allylic oxidation sites excluding steroid dienone is 2. The Bertz CT molecular complexity index is 1330. The zero-order valence-electron chi connectivity index (χ0n) is 20.0. The fourth-order valence-corrected chi connectivity index (χ4v) is 5.11. The Morgan fingerprint density at radius 3 is 2.66 bits per heavy atom. The van der Waals surface area contributed by atoms with Crippen LogP contribution in [0.25, 0.3) is 0 Å². The molecule has 3 aromatic carbocycles. The quantitative estimate of drug-likeness (QED) is 0.273. The average molecular weight is 469 g/mol. The number of amides is 1. The Balaban J connectivity index is 1.42. The zero-order chi connectivity index (χ0) is 24.5. The highest BCUT2D eigenvalue weighted by molar-refractivity contribution is 6.04. The monoisotopic (exact) mass is 468 g/mol. The molecule has 6 nitrogen and oxygen atoms in total. The zero-order valence-corrected chi connectivity index (χ0v) is 20.0. The summed E-state index contributed by atoms with van der Waals surface area (Å²) in [6.45, 7) is 3.35. The third-order valence-electron chi connectivity index (χ3n) is 6.70. The van der Waals surface area contributed by atoms with E-state index in [9.17, 15) is 9.59 Å². The molecule has 178 valence electrons. The van der Waals surface area contributed by atoms with Crippen molar-refractivity contribution < 1.29 is 19.1 Å². The number of nitrogens with one attached hydrogen (secondary N) is 2. The van der Waals surface area contributed by atoms with E-state index >= 15 is 0 Å². The van der Waals surface area contributed by atoms with Crippen LogP contribution in [0.1, 0.15) is 52.4 Å². The van der Waals surface area contributed by atoms with Gasteiger partial charge >= 0.3 is 5.97 Å².